The molecule has 0 radical (unpaired) electrons. The normalized spacial score (nSPS) is 19.9. The summed E-state index contributed by atoms with van der Waals surface area (Å²) in [6, 6.07) is 0. The Bertz CT molecular complexity index is 341. The number of rotatable bonds is 7. The quantitative estimate of drug-likeness (QED) is 0.429. The second kappa shape index (κ2) is 9.64. The lowest BCUT2D eigenvalue weighted by molar-refractivity contribution is -0.119. The van der Waals surface area contributed by atoms with E-state index in [4.69, 9.17) is 10.7 Å². The first kappa shape index (κ1) is 17.8. The summed E-state index contributed by atoms with van der Waals surface area (Å²) in [6.45, 7) is 10.2. The van der Waals surface area contributed by atoms with Gasteiger partial charge in [-0.1, -0.05) is 13.8 Å². The molecule has 1 aliphatic rings. The molecule has 0 aromatic heterocycles. The number of primary amides is 1. The van der Waals surface area contributed by atoms with Gasteiger partial charge in [-0.05, 0) is 44.4 Å². The standard InChI is InChI=1S/C16H32N4O/c1-4-18-16(19-9-5-7-13(2)3)20-10-6-8-14(12-20)11-15(17)21/h13-14H,4-12H2,1-3H3,(H2,17,21)(H,18,19). The van der Waals surface area contributed by atoms with E-state index < -0.39 is 0 Å². The Balaban J connectivity index is 2.53. The molecule has 0 spiro atoms. The molecule has 1 aliphatic heterocycles. The smallest absolute Gasteiger partial charge is 0.217 e. The first-order chi connectivity index (χ1) is 10.0. The van der Waals surface area contributed by atoms with Gasteiger partial charge >= 0.3 is 0 Å². The molecule has 1 fully saturated rings. The predicted molar refractivity (Wildman–Crippen MR) is 88.2 cm³/mol. The number of likely N-dealkylation sites (tertiary alicyclic amines) is 1. The van der Waals surface area contributed by atoms with Gasteiger partial charge in [0.2, 0.25) is 5.91 Å². The van der Waals surface area contributed by atoms with Crippen molar-refractivity contribution in [3.8, 4) is 0 Å². The summed E-state index contributed by atoms with van der Waals surface area (Å²) in [6.07, 6.45) is 5.03. The number of amides is 1. The largest absolute Gasteiger partial charge is 0.370 e. The van der Waals surface area contributed by atoms with E-state index in [0.717, 1.165) is 57.3 Å². The average Bonchev–Trinajstić information content (AvgIpc) is 2.41. The van der Waals surface area contributed by atoms with E-state index in [9.17, 15) is 4.79 Å². The van der Waals surface area contributed by atoms with Crippen LogP contribution in [0.1, 0.15) is 52.9 Å². The molecule has 1 saturated heterocycles. The molecule has 0 saturated carbocycles. The molecule has 1 atom stereocenters. The molecule has 122 valence electrons. The first-order valence-corrected chi connectivity index (χ1v) is 8.34. The fourth-order valence-electron chi connectivity index (χ4n) is 2.82. The molecule has 1 rings (SSSR count). The van der Waals surface area contributed by atoms with E-state index in [2.05, 4.69) is 31.0 Å². The number of hydrogen-bond donors (Lipinski definition) is 2. The number of aliphatic imine (C=N–C) groups is 1. The van der Waals surface area contributed by atoms with Crippen LogP contribution < -0.4 is 11.1 Å². The maximum absolute atomic E-state index is 11.1. The summed E-state index contributed by atoms with van der Waals surface area (Å²) in [7, 11) is 0. The van der Waals surface area contributed by atoms with E-state index in [1.807, 2.05) is 0 Å². The van der Waals surface area contributed by atoms with Crippen LogP contribution in [0.3, 0.4) is 0 Å². The van der Waals surface area contributed by atoms with Gasteiger partial charge in [0.15, 0.2) is 5.96 Å². The molecule has 1 unspecified atom stereocenters. The van der Waals surface area contributed by atoms with Gasteiger partial charge in [0.1, 0.15) is 0 Å². The highest BCUT2D eigenvalue weighted by Crippen LogP contribution is 2.19. The Labute approximate surface area is 129 Å². The number of piperidine rings is 1. The van der Waals surface area contributed by atoms with Gasteiger partial charge in [0.05, 0.1) is 0 Å². The lowest BCUT2D eigenvalue weighted by atomic mass is 9.95. The molecule has 0 aromatic rings. The second-order valence-corrected chi connectivity index (χ2v) is 6.40. The average molecular weight is 296 g/mol. The third kappa shape index (κ3) is 7.34. The Hall–Kier alpha value is -1.26. The maximum Gasteiger partial charge on any atom is 0.217 e. The zero-order chi connectivity index (χ0) is 15.7. The van der Waals surface area contributed by atoms with Crippen molar-refractivity contribution in [3.63, 3.8) is 0 Å². The van der Waals surface area contributed by atoms with Crippen molar-refractivity contribution in [1.29, 1.82) is 0 Å². The zero-order valence-corrected chi connectivity index (χ0v) is 13.9. The van der Waals surface area contributed by atoms with E-state index in [1.165, 1.54) is 6.42 Å². The topological polar surface area (TPSA) is 70.7 Å². The molecular formula is C16H32N4O. The number of carbonyl (C=O) groups is 1. The van der Waals surface area contributed by atoms with Gasteiger partial charge in [0.25, 0.3) is 0 Å². The molecular weight excluding hydrogens is 264 g/mol. The van der Waals surface area contributed by atoms with Crippen molar-refractivity contribution < 1.29 is 4.79 Å². The lowest BCUT2D eigenvalue weighted by Gasteiger charge is -2.34. The van der Waals surface area contributed by atoms with Crippen LogP contribution in [0.2, 0.25) is 0 Å². The van der Waals surface area contributed by atoms with Gasteiger partial charge < -0.3 is 16.0 Å². The molecule has 0 aliphatic carbocycles. The first-order valence-electron chi connectivity index (χ1n) is 8.34. The fourth-order valence-corrected chi connectivity index (χ4v) is 2.82. The molecule has 21 heavy (non-hydrogen) atoms. The van der Waals surface area contributed by atoms with Gasteiger partial charge in [-0.2, -0.15) is 0 Å². The van der Waals surface area contributed by atoms with Gasteiger partial charge in [-0.15, -0.1) is 0 Å². The second-order valence-electron chi connectivity index (χ2n) is 6.40. The van der Waals surface area contributed by atoms with Crippen LogP contribution in [0.15, 0.2) is 4.99 Å². The van der Waals surface area contributed by atoms with E-state index in [-0.39, 0.29) is 5.91 Å². The van der Waals surface area contributed by atoms with Gasteiger partial charge in [-0.3, -0.25) is 9.79 Å². The molecule has 1 amide bonds. The minimum absolute atomic E-state index is 0.194. The third-order valence-electron chi connectivity index (χ3n) is 3.84. The Kier molecular flexibility index (Phi) is 8.16. The van der Waals surface area contributed by atoms with Crippen LogP contribution in [0.5, 0.6) is 0 Å². The predicted octanol–water partition coefficient (Wildman–Crippen LogP) is 1.98. The van der Waals surface area contributed by atoms with Crippen LogP contribution in [-0.2, 0) is 4.79 Å². The van der Waals surface area contributed by atoms with Crippen molar-refractivity contribution >= 4 is 11.9 Å². The highest BCUT2D eigenvalue weighted by Gasteiger charge is 2.23. The van der Waals surface area contributed by atoms with Crippen LogP contribution in [0, 0.1) is 11.8 Å². The fraction of sp³-hybridized carbons (Fsp3) is 0.875. The van der Waals surface area contributed by atoms with Crippen molar-refractivity contribution in [2.75, 3.05) is 26.2 Å². The van der Waals surface area contributed by atoms with Gasteiger partial charge in [-0.25, -0.2) is 0 Å². The van der Waals surface area contributed by atoms with Crippen LogP contribution in [0.25, 0.3) is 0 Å². The summed E-state index contributed by atoms with van der Waals surface area (Å²) in [5.41, 5.74) is 5.33. The summed E-state index contributed by atoms with van der Waals surface area (Å²) in [5, 5.41) is 3.37. The number of hydrogen-bond acceptors (Lipinski definition) is 2. The maximum atomic E-state index is 11.1. The lowest BCUT2D eigenvalue weighted by Crippen LogP contribution is -2.47. The summed E-state index contributed by atoms with van der Waals surface area (Å²) in [5.74, 6) is 1.91. The van der Waals surface area contributed by atoms with Crippen LogP contribution in [0.4, 0.5) is 0 Å². The van der Waals surface area contributed by atoms with Crippen molar-refractivity contribution in [2.24, 2.45) is 22.6 Å². The Morgan fingerprint density at radius 3 is 2.86 bits per heavy atom. The molecule has 5 nitrogen and oxygen atoms in total. The van der Waals surface area contributed by atoms with E-state index >= 15 is 0 Å². The highest BCUT2D eigenvalue weighted by molar-refractivity contribution is 5.80. The SMILES string of the molecule is CCNC(=NCCCC(C)C)N1CCCC(CC(N)=O)C1. The number of guanidine groups is 1. The molecule has 0 bridgehead atoms. The van der Waals surface area contributed by atoms with Gasteiger partial charge in [0, 0.05) is 32.6 Å². The monoisotopic (exact) mass is 296 g/mol. The number of nitrogens with one attached hydrogen (secondary N) is 1. The zero-order valence-electron chi connectivity index (χ0n) is 13.9. The van der Waals surface area contributed by atoms with E-state index in [1.54, 1.807) is 0 Å². The van der Waals surface area contributed by atoms with Crippen molar-refractivity contribution in [3.05, 3.63) is 0 Å². The van der Waals surface area contributed by atoms with Crippen molar-refractivity contribution in [1.82, 2.24) is 10.2 Å². The summed E-state index contributed by atoms with van der Waals surface area (Å²) < 4.78 is 0. The summed E-state index contributed by atoms with van der Waals surface area (Å²) in [4.78, 5) is 18.1. The number of nitrogens with two attached hydrogens (primary N) is 1. The van der Waals surface area contributed by atoms with Crippen LogP contribution >= 0.6 is 0 Å². The number of nitrogens with zero attached hydrogens (tertiary/aromatic N) is 2. The molecule has 5 heteroatoms. The number of carbonyl (C=O) groups excluding carboxylic acids is 1. The third-order valence-corrected chi connectivity index (χ3v) is 3.84. The Morgan fingerprint density at radius 1 is 1.48 bits per heavy atom. The molecule has 1 heterocycles. The minimum Gasteiger partial charge on any atom is -0.370 e. The van der Waals surface area contributed by atoms with E-state index in [0.29, 0.717) is 12.3 Å². The Morgan fingerprint density at radius 2 is 2.24 bits per heavy atom. The highest BCUT2D eigenvalue weighted by atomic mass is 16.1. The minimum atomic E-state index is -0.194. The van der Waals surface area contributed by atoms with Crippen molar-refractivity contribution in [2.45, 2.75) is 52.9 Å². The summed E-state index contributed by atoms with van der Waals surface area (Å²) >= 11 is 0. The molecule has 0 aromatic carbocycles. The molecule has 3 N–H and O–H groups in total. The van der Waals surface area contributed by atoms with Crippen LogP contribution in [-0.4, -0.2) is 42.9 Å².